The molecule has 0 bridgehead atoms. The minimum atomic E-state index is -0.577. The molecule has 0 aromatic heterocycles. The molecule has 0 aliphatic heterocycles. The average molecular weight is 210 g/mol. The van der Waals surface area contributed by atoms with Gasteiger partial charge in [-0.25, -0.2) is 10.2 Å². The second-order valence-electron chi connectivity index (χ2n) is 2.72. The van der Waals surface area contributed by atoms with Crippen molar-refractivity contribution in [3.05, 3.63) is 35.9 Å². The van der Waals surface area contributed by atoms with E-state index in [0.717, 1.165) is 5.56 Å². The van der Waals surface area contributed by atoms with E-state index in [1.807, 2.05) is 30.3 Å². The van der Waals surface area contributed by atoms with Gasteiger partial charge in [-0.15, -0.1) is 5.59 Å². The maximum Gasteiger partial charge on any atom is 0.423 e. The van der Waals surface area contributed by atoms with Gasteiger partial charge in [0.05, 0.1) is 6.61 Å². The molecule has 1 amide bonds. The first-order valence-corrected chi connectivity index (χ1v) is 4.66. The van der Waals surface area contributed by atoms with Gasteiger partial charge in [0.1, 0.15) is 6.61 Å². The van der Waals surface area contributed by atoms with Crippen molar-refractivity contribution in [1.82, 2.24) is 11.0 Å². The van der Waals surface area contributed by atoms with E-state index in [4.69, 9.17) is 9.57 Å². The molecule has 0 unspecified atom stereocenters. The van der Waals surface area contributed by atoms with Gasteiger partial charge >= 0.3 is 6.09 Å². The van der Waals surface area contributed by atoms with Gasteiger partial charge in [-0.05, 0) is 12.5 Å². The predicted molar refractivity (Wildman–Crippen MR) is 54.5 cm³/mol. The van der Waals surface area contributed by atoms with Crippen LogP contribution < -0.4 is 11.0 Å². The van der Waals surface area contributed by atoms with Gasteiger partial charge in [0.15, 0.2) is 0 Å². The molecule has 82 valence electrons. The third kappa shape index (κ3) is 4.99. The molecule has 15 heavy (non-hydrogen) atoms. The van der Waals surface area contributed by atoms with Crippen LogP contribution in [-0.2, 0) is 16.2 Å². The number of hydrogen-bond acceptors (Lipinski definition) is 4. The van der Waals surface area contributed by atoms with E-state index >= 15 is 0 Å². The zero-order chi connectivity index (χ0) is 10.9. The highest BCUT2D eigenvalue weighted by atomic mass is 16.7. The molecule has 0 saturated carbocycles. The molecule has 0 spiro atoms. The molecule has 1 aromatic carbocycles. The lowest BCUT2D eigenvalue weighted by molar-refractivity contribution is 0.0154. The predicted octanol–water partition coefficient (Wildman–Crippen LogP) is 1.37. The van der Waals surface area contributed by atoms with Crippen LogP contribution in [0.5, 0.6) is 0 Å². The monoisotopic (exact) mass is 210 g/mol. The van der Waals surface area contributed by atoms with Gasteiger partial charge in [0.2, 0.25) is 0 Å². The molecular weight excluding hydrogens is 196 g/mol. The minimum absolute atomic E-state index is 0.237. The zero-order valence-corrected chi connectivity index (χ0v) is 8.53. The molecule has 1 rings (SSSR count). The van der Waals surface area contributed by atoms with Crippen LogP contribution in [0.2, 0.25) is 0 Å². The Morgan fingerprint density at radius 2 is 2.07 bits per heavy atom. The quantitative estimate of drug-likeness (QED) is 0.569. The van der Waals surface area contributed by atoms with Crippen molar-refractivity contribution >= 4 is 6.09 Å². The van der Waals surface area contributed by atoms with E-state index in [2.05, 4.69) is 11.0 Å². The number of hydrazine groups is 1. The van der Waals surface area contributed by atoms with E-state index in [-0.39, 0.29) is 6.61 Å². The van der Waals surface area contributed by atoms with Crippen molar-refractivity contribution in [2.45, 2.75) is 13.5 Å². The van der Waals surface area contributed by atoms with Crippen LogP contribution in [0.1, 0.15) is 12.5 Å². The summed E-state index contributed by atoms with van der Waals surface area (Å²) in [5.74, 6) is 0. The SMILES string of the molecule is CCONNC(=O)OCc1ccccc1. The number of amides is 1. The molecule has 0 aliphatic rings. The topological polar surface area (TPSA) is 59.6 Å². The van der Waals surface area contributed by atoms with E-state index in [9.17, 15) is 4.79 Å². The third-order valence-corrected chi connectivity index (χ3v) is 1.58. The van der Waals surface area contributed by atoms with Gasteiger partial charge in [-0.1, -0.05) is 30.3 Å². The van der Waals surface area contributed by atoms with Crippen LogP contribution in [0.25, 0.3) is 0 Å². The molecule has 1 aromatic rings. The Bertz CT molecular complexity index is 290. The molecule has 5 nitrogen and oxygen atoms in total. The van der Waals surface area contributed by atoms with E-state index in [1.165, 1.54) is 0 Å². The Morgan fingerprint density at radius 3 is 2.73 bits per heavy atom. The highest BCUT2D eigenvalue weighted by Gasteiger charge is 2.00. The number of hydrogen-bond donors (Lipinski definition) is 2. The summed E-state index contributed by atoms with van der Waals surface area (Å²) in [4.78, 5) is 15.7. The number of ether oxygens (including phenoxy) is 1. The molecular formula is C10H14N2O3. The van der Waals surface area contributed by atoms with E-state index in [0.29, 0.717) is 6.61 Å². The van der Waals surface area contributed by atoms with Gasteiger partial charge in [-0.3, -0.25) is 4.84 Å². The fourth-order valence-corrected chi connectivity index (χ4v) is 0.909. The molecule has 0 aliphatic carbocycles. The highest BCUT2D eigenvalue weighted by Crippen LogP contribution is 1.99. The van der Waals surface area contributed by atoms with Crippen LogP contribution in [0.15, 0.2) is 30.3 Å². The summed E-state index contributed by atoms with van der Waals surface area (Å²) in [6.07, 6.45) is -0.577. The fourth-order valence-electron chi connectivity index (χ4n) is 0.909. The smallest absolute Gasteiger partial charge is 0.423 e. The molecule has 0 atom stereocenters. The summed E-state index contributed by atoms with van der Waals surface area (Å²) in [7, 11) is 0. The van der Waals surface area contributed by atoms with Gasteiger partial charge in [-0.2, -0.15) is 0 Å². The van der Waals surface area contributed by atoms with Crippen molar-refractivity contribution in [1.29, 1.82) is 0 Å². The molecule has 0 radical (unpaired) electrons. The first-order chi connectivity index (χ1) is 7.33. The summed E-state index contributed by atoms with van der Waals surface area (Å²) >= 11 is 0. The summed E-state index contributed by atoms with van der Waals surface area (Å²) < 4.78 is 4.88. The molecule has 2 N–H and O–H groups in total. The third-order valence-electron chi connectivity index (χ3n) is 1.58. The van der Waals surface area contributed by atoms with Crippen LogP contribution >= 0.6 is 0 Å². The largest absolute Gasteiger partial charge is 0.444 e. The Hall–Kier alpha value is -1.59. The highest BCUT2D eigenvalue weighted by molar-refractivity contribution is 5.66. The van der Waals surface area contributed by atoms with E-state index < -0.39 is 6.09 Å². The number of benzene rings is 1. The number of carbonyl (C=O) groups is 1. The lowest BCUT2D eigenvalue weighted by atomic mass is 10.2. The summed E-state index contributed by atoms with van der Waals surface area (Å²) in [5.41, 5.74) is 5.40. The van der Waals surface area contributed by atoms with Crippen LogP contribution in [-0.4, -0.2) is 12.7 Å². The number of rotatable bonds is 5. The van der Waals surface area contributed by atoms with E-state index in [1.54, 1.807) is 6.92 Å². The number of nitrogens with one attached hydrogen (secondary N) is 2. The zero-order valence-electron chi connectivity index (χ0n) is 8.53. The van der Waals surface area contributed by atoms with Gasteiger partial charge in [0.25, 0.3) is 0 Å². The van der Waals surface area contributed by atoms with Gasteiger partial charge in [0, 0.05) is 0 Å². The van der Waals surface area contributed by atoms with Crippen molar-refractivity contribution in [2.75, 3.05) is 6.61 Å². The number of carbonyl (C=O) groups excluding carboxylic acids is 1. The molecule has 0 fully saturated rings. The standard InChI is InChI=1S/C10H14N2O3/c1-2-15-12-11-10(13)14-8-9-6-4-3-5-7-9/h3-7,12H,2,8H2,1H3,(H,11,13). The lowest BCUT2D eigenvalue weighted by Gasteiger charge is -2.07. The summed E-state index contributed by atoms with van der Waals surface area (Å²) in [5, 5.41) is 0. The fraction of sp³-hybridized carbons (Fsp3) is 0.300. The second-order valence-corrected chi connectivity index (χ2v) is 2.72. The summed E-state index contributed by atoms with van der Waals surface area (Å²) in [6, 6.07) is 9.43. The maximum atomic E-state index is 11.0. The summed E-state index contributed by atoms with van der Waals surface area (Å²) in [6.45, 7) is 2.49. The molecule has 0 saturated heterocycles. The Balaban J connectivity index is 2.17. The normalized spacial score (nSPS) is 9.67. The molecule has 5 heteroatoms. The van der Waals surface area contributed by atoms with Crippen LogP contribution in [0.3, 0.4) is 0 Å². The van der Waals surface area contributed by atoms with Gasteiger partial charge < -0.3 is 4.74 Å². The molecule has 0 heterocycles. The Morgan fingerprint density at radius 1 is 1.33 bits per heavy atom. The Kier molecular flexibility index (Phi) is 5.21. The lowest BCUT2D eigenvalue weighted by Crippen LogP contribution is -2.37. The maximum absolute atomic E-state index is 11.0. The minimum Gasteiger partial charge on any atom is -0.444 e. The average Bonchev–Trinajstić information content (AvgIpc) is 2.28. The second kappa shape index (κ2) is 6.80. The van der Waals surface area contributed by atoms with Crippen molar-refractivity contribution in [3.63, 3.8) is 0 Å². The van der Waals surface area contributed by atoms with Crippen LogP contribution in [0.4, 0.5) is 4.79 Å². The van der Waals surface area contributed by atoms with Crippen molar-refractivity contribution in [3.8, 4) is 0 Å². The van der Waals surface area contributed by atoms with Crippen molar-refractivity contribution < 1.29 is 14.4 Å². The first-order valence-electron chi connectivity index (χ1n) is 4.66. The van der Waals surface area contributed by atoms with Crippen molar-refractivity contribution in [2.24, 2.45) is 0 Å². The Labute approximate surface area is 88.3 Å². The first kappa shape index (κ1) is 11.5. The van der Waals surface area contributed by atoms with Crippen LogP contribution in [0, 0.1) is 0 Å².